The van der Waals surface area contributed by atoms with E-state index in [0.29, 0.717) is 18.4 Å². The second-order valence-corrected chi connectivity index (χ2v) is 8.93. The Hall–Kier alpha value is -1.52. The molecule has 2 heterocycles. The van der Waals surface area contributed by atoms with Gasteiger partial charge in [-0.25, -0.2) is 8.42 Å². The number of hydrogen-bond acceptors (Lipinski definition) is 6. The van der Waals surface area contributed by atoms with Crippen molar-refractivity contribution in [1.82, 2.24) is 4.31 Å². The third-order valence-electron chi connectivity index (χ3n) is 5.02. The first-order chi connectivity index (χ1) is 12.8. The minimum absolute atomic E-state index is 0.00400. The molecule has 150 valence electrons. The SMILES string of the molecule is Cc1ccccc1S(=O)(=O)N1C[C@H](O)COC[C@@H]2O[C@@H](CC(=O)O)CC[C@H]21. The van der Waals surface area contributed by atoms with E-state index in [1.165, 1.54) is 4.31 Å². The van der Waals surface area contributed by atoms with Gasteiger partial charge in [0.05, 0.1) is 48.9 Å². The average Bonchev–Trinajstić information content (AvgIpc) is 2.58. The zero-order valence-electron chi connectivity index (χ0n) is 15.2. The number of carboxylic acid groups (broad SMARTS) is 1. The average molecular weight is 399 g/mol. The molecule has 2 aliphatic rings. The maximum absolute atomic E-state index is 13.4. The molecule has 0 bridgehead atoms. The first kappa shape index (κ1) is 20.2. The molecule has 0 saturated carbocycles. The number of nitrogens with zero attached hydrogens (tertiary/aromatic N) is 1. The van der Waals surface area contributed by atoms with E-state index in [2.05, 4.69) is 0 Å². The first-order valence-corrected chi connectivity index (χ1v) is 10.4. The number of sulfonamides is 1. The van der Waals surface area contributed by atoms with Crippen LogP contribution in [-0.2, 0) is 24.3 Å². The Morgan fingerprint density at radius 1 is 1.26 bits per heavy atom. The van der Waals surface area contributed by atoms with Gasteiger partial charge in [-0.2, -0.15) is 4.31 Å². The van der Waals surface area contributed by atoms with Crippen LogP contribution in [0.2, 0.25) is 0 Å². The highest BCUT2D eigenvalue weighted by molar-refractivity contribution is 7.89. The number of aliphatic hydroxyl groups excluding tert-OH is 1. The first-order valence-electron chi connectivity index (χ1n) is 8.99. The highest BCUT2D eigenvalue weighted by atomic mass is 32.2. The summed E-state index contributed by atoms with van der Waals surface area (Å²) in [6.45, 7) is 1.74. The van der Waals surface area contributed by atoms with E-state index in [4.69, 9.17) is 14.6 Å². The van der Waals surface area contributed by atoms with Gasteiger partial charge in [0.2, 0.25) is 10.0 Å². The molecule has 1 aromatic carbocycles. The van der Waals surface area contributed by atoms with Gasteiger partial charge in [0.25, 0.3) is 0 Å². The molecular formula is C18H25NO7S. The summed E-state index contributed by atoms with van der Waals surface area (Å²) in [5.74, 6) is -0.954. The molecule has 0 radical (unpaired) electrons. The molecule has 1 aromatic rings. The van der Waals surface area contributed by atoms with Gasteiger partial charge in [-0.3, -0.25) is 4.79 Å². The van der Waals surface area contributed by atoms with Crippen LogP contribution >= 0.6 is 0 Å². The van der Waals surface area contributed by atoms with Crippen LogP contribution in [0, 0.1) is 6.92 Å². The number of aliphatic hydroxyl groups is 1. The lowest BCUT2D eigenvalue weighted by atomic mass is 9.96. The number of benzene rings is 1. The fourth-order valence-corrected chi connectivity index (χ4v) is 5.68. The molecule has 9 heteroatoms. The lowest BCUT2D eigenvalue weighted by Gasteiger charge is -2.43. The van der Waals surface area contributed by atoms with Crippen LogP contribution < -0.4 is 0 Å². The molecule has 3 rings (SSSR count). The lowest BCUT2D eigenvalue weighted by molar-refractivity contribution is -0.155. The Kier molecular flexibility index (Phi) is 6.17. The van der Waals surface area contributed by atoms with Gasteiger partial charge in [-0.05, 0) is 31.4 Å². The topological polar surface area (TPSA) is 113 Å². The predicted molar refractivity (Wildman–Crippen MR) is 95.8 cm³/mol. The number of rotatable bonds is 4. The largest absolute Gasteiger partial charge is 0.481 e. The molecule has 0 aliphatic carbocycles. The molecule has 8 nitrogen and oxygen atoms in total. The molecule has 2 aliphatic heterocycles. The van der Waals surface area contributed by atoms with Crippen LogP contribution in [0.1, 0.15) is 24.8 Å². The van der Waals surface area contributed by atoms with Crippen LogP contribution in [0.15, 0.2) is 29.2 Å². The number of carbonyl (C=O) groups is 1. The number of aliphatic carboxylic acids is 1. The van der Waals surface area contributed by atoms with Crippen molar-refractivity contribution in [3.8, 4) is 0 Å². The number of fused-ring (bicyclic) bond motifs is 1. The van der Waals surface area contributed by atoms with Crippen LogP contribution in [0.3, 0.4) is 0 Å². The minimum atomic E-state index is -3.85. The van der Waals surface area contributed by atoms with Gasteiger partial charge in [-0.15, -0.1) is 0 Å². The standard InChI is InChI=1S/C18H25NO7S/c1-12-4-2-3-5-17(12)27(23,24)19-9-13(20)10-25-11-16-15(19)7-6-14(26-16)8-18(21)22/h2-5,13-16,20H,6-11H2,1H3,(H,21,22)/t13-,14+,15+,16-/m0/s1. The Morgan fingerprint density at radius 3 is 2.70 bits per heavy atom. The van der Waals surface area contributed by atoms with Crippen LogP contribution in [0.25, 0.3) is 0 Å². The highest BCUT2D eigenvalue weighted by Crippen LogP contribution is 2.32. The lowest BCUT2D eigenvalue weighted by Crippen LogP contribution is -2.57. The number of aryl methyl sites for hydroxylation is 1. The van der Waals surface area contributed by atoms with E-state index in [9.17, 15) is 18.3 Å². The van der Waals surface area contributed by atoms with Crippen molar-refractivity contribution in [2.24, 2.45) is 0 Å². The molecule has 0 aromatic heterocycles. The van der Waals surface area contributed by atoms with E-state index >= 15 is 0 Å². The van der Waals surface area contributed by atoms with Crippen molar-refractivity contribution in [1.29, 1.82) is 0 Å². The normalized spacial score (nSPS) is 30.1. The number of ether oxygens (including phenoxy) is 2. The second-order valence-electron chi connectivity index (χ2n) is 7.07. The van der Waals surface area contributed by atoms with Gasteiger partial charge in [0.15, 0.2) is 0 Å². The monoisotopic (exact) mass is 399 g/mol. The Morgan fingerprint density at radius 2 is 2.00 bits per heavy atom. The molecule has 0 amide bonds. The zero-order chi connectivity index (χ0) is 19.6. The molecule has 2 fully saturated rings. The summed E-state index contributed by atoms with van der Waals surface area (Å²) in [5, 5.41) is 19.2. The second kappa shape index (κ2) is 8.24. The molecule has 4 atom stereocenters. The number of carboxylic acids is 1. The Balaban J connectivity index is 1.92. The summed E-state index contributed by atoms with van der Waals surface area (Å²) in [4.78, 5) is 11.2. The van der Waals surface area contributed by atoms with E-state index in [-0.39, 0.29) is 31.1 Å². The Labute approximate surface area is 158 Å². The summed E-state index contributed by atoms with van der Waals surface area (Å²) < 4.78 is 39.3. The highest BCUT2D eigenvalue weighted by Gasteiger charge is 2.43. The number of β-amino-alcohol motifs (C(OH)–C–C–N with tert-alkyl or cyclic N) is 1. The Bertz CT molecular complexity index is 782. The summed E-state index contributed by atoms with van der Waals surface area (Å²) in [6, 6.07) is 6.20. The van der Waals surface area contributed by atoms with Crippen LogP contribution in [0.4, 0.5) is 0 Å². The van der Waals surface area contributed by atoms with Crippen molar-refractivity contribution in [3.63, 3.8) is 0 Å². The maximum Gasteiger partial charge on any atom is 0.305 e. The van der Waals surface area contributed by atoms with E-state index < -0.39 is 40.3 Å². The smallest absolute Gasteiger partial charge is 0.305 e. The fraction of sp³-hybridized carbons (Fsp3) is 0.611. The molecule has 2 saturated heterocycles. The molecule has 0 spiro atoms. The maximum atomic E-state index is 13.4. The fourth-order valence-electron chi connectivity index (χ4n) is 3.74. The molecular weight excluding hydrogens is 374 g/mol. The summed E-state index contributed by atoms with van der Waals surface area (Å²) in [6.07, 6.45) is -1.24. The summed E-state index contributed by atoms with van der Waals surface area (Å²) >= 11 is 0. The van der Waals surface area contributed by atoms with Gasteiger partial charge in [0.1, 0.15) is 0 Å². The van der Waals surface area contributed by atoms with E-state index in [1.807, 2.05) is 0 Å². The van der Waals surface area contributed by atoms with Crippen molar-refractivity contribution < 1.29 is 32.9 Å². The molecule has 27 heavy (non-hydrogen) atoms. The van der Waals surface area contributed by atoms with Crippen molar-refractivity contribution in [2.75, 3.05) is 19.8 Å². The summed E-state index contributed by atoms with van der Waals surface area (Å²) in [5.41, 5.74) is 0.627. The minimum Gasteiger partial charge on any atom is -0.481 e. The van der Waals surface area contributed by atoms with Crippen molar-refractivity contribution >= 4 is 16.0 Å². The van der Waals surface area contributed by atoms with Crippen LogP contribution in [0.5, 0.6) is 0 Å². The van der Waals surface area contributed by atoms with E-state index in [0.717, 1.165) is 0 Å². The van der Waals surface area contributed by atoms with Gasteiger partial charge < -0.3 is 19.7 Å². The summed E-state index contributed by atoms with van der Waals surface area (Å²) in [7, 11) is -3.85. The predicted octanol–water partition coefficient (Wildman–Crippen LogP) is 0.768. The van der Waals surface area contributed by atoms with Crippen molar-refractivity contribution in [3.05, 3.63) is 29.8 Å². The molecule has 0 unspecified atom stereocenters. The third kappa shape index (κ3) is 4.49. The van der Waals surface area contributed by atoms with Gasteiger partial charge in [0, 0.05) is 6.54 Å². The third-order valence-corrected chi connectivity index (χ3v) is 7.07. The van der Waals surface area contributed by atoms with Crippen molar-refractivity contribution in [2.45, 2.75) is 55.4 Å². The van der Waals surface area contributed by atoms with E-state index in [1.54, 1.807) is 31.2 Å². The van der Waals surface area contributed by atoms with Gasteiger partial charge in [-0.1, -0.05) is 18.2 Å². The molecule has 2 N–H and O–H groups in total. The quantitative estimate of drug-likeness (QED) is 0.769. The zero-order valence-corrected chi connectivity index (χ0v) is 16.0. The van der Waals surface area contributed by atoms with Gasteiger partial charge >= 0.3 is 5.97 Å². The van der Waals surface area contributed by atoms with Crippen LogP contribution in [-0.4, -0.2) is 73.0 Å². The number of hydrogen-bond donors (Lipinski definition) is 2.